The molecule has 0 radical (unpaired) electrons. The second kappa shape index (κ2) is 7.44. The maximum absolute atomic E-state index is 13.3. The van der Waals surface area contributed by atoms with Gasteiger partial charge in [0.05, 0.1) is 17.9 Å². The molecule has 0 aliphatic carbocycles. The molecule has 0 unspecified atom stereocenters. The normalized spacial score (nSPS) is 17.1. The van der Waals surface area contributed by atoms with Gasteiger partial charge in [-0.3, -0.25) is 14.6 Å². The number of hydrogen-bond acceptors (Lipinski definition) is 4. The number of piperidine rings is 1. The molecule has 1 amide bonds. The Morgan fingerprint density at radius 3 is 2.60 bits per heavy atom. The number of benzene rings is 2. The summed E-state index contributed by atoms with van der Waals surface area (Å²) in [6, 6.07) is 14.7. The molecule has 1 fully saturated rings. The van der Waals surface area contributed by atoms with Gasteiger partial charge in [-0.15, -0.1) is 11.8 Å². The Labute approximate surface area is 157 Å². The molecule has 25 heavy (non-hydrogen) atoms. The highest BCUT2D eigenvalue weighted by molar-refractivity contribution is 8.00. The van der Waals surface area contributed by atoms with E-state index in [1.54, 1.807) is 23.5 Å². The minimum atomic E-state index is 0.175. The van der Waals surface area contributed by atoms with Crippen molar-refractivity contribution in [3.8, 4) is 0 Å². The van der Waals surface area contributed by atoms with E-state index < -0.39 is 0 Å². The van der Waals surface area contributed by atoms with Crippen molar-refractivity contribution in [2.75, 3.05) is 30.8 Å². The van der Waals surface area contributed by atoms with Gasteiger partial charge < -0.3 is 0 Å². The van der Waals surface area contributed by atoms with Crippen LogP contribution in [0.3, 0.4) is 0 Å². The first-order valence-corrected chi connectivity index (χ1v) is 10.8. The Morgan fingerprint density at radius 1 is 1.04 bits per heavy atom. The van der Waals surface area contributed by atoms with E-state index in [2.05, 4.69) is 41.5 Å². The molecule has 130 valence electrons. The van der Waals surface area contributed by atoms with Crippen molar-refractivity contribution in [2.24, 2.45) is 0 Å². The highest BCUT2D eigenvalue weighted by Gasteiger charge is 2.29. The monoisotopic (exact) mass is 370 g/mol. The zero-order valence-corrected chi connectivity index (χ0v) is 16.0. The highest BCUT2D eigenvalue weighted by atomic mass is 32.2. The lowest BCUT2D eigenvalue weighted by molar-refractivity contribution is -0.119. The van der Waals surface area contributed by atoms with Crippen molar-refractivity contribution in [2.45, 2.75) is 33.9 Å². The third-order valence-corrected chi connectivity index (χ3v) is 6.65. The molecule has 5 heteroatoms. The maximum atomic E-state index is 13.3. The van der Waals surface area contributed by atoms with Crippen LogP contribution in [0.2, 0.25) is 0 Å². The van der Waals surface area contributed by atoms with Crippen LogP contribution >= 0.6 is 23.5 Å². The van der Waals surface area contributed by atoms with Crippen LogP contribution in [0.25, 0.3) is 0 Å². The fourth-order valence-electron chi connectivity index (χ4n) is 3.51. The van der Waals surface area contributed by atoms with Crippen LogP contribution in [0.5, 0.6) is 0 Å². The lowest BCUT2D eigenvalue weighted by Crippen LogP contribution is -2.41. The van der Waals surface area contributed by atoms with Crippen LogP contribution in [-0.4, -0.2) is 36.7 Å². The van der Waals surface area contributed by atoms with Crippen LogP contribution < -0.4 is 4.90 Å². The van der Waals surface area contributed by atoms with Gasteiger partial charge in [-0.1, -0.05) is 30.3 Å². The molecule has 0 saturated carbocycles. The van der Waals surface area contributed by atoms with Crippen LogP contribution in [-0.2, 0) is 4.79 Å². The number of hydrogen-bond donors (Lipinski definition) is 0. The zero-order valence-electron chi connectivity index (χ0n) is 14.4. The fourth-order valence-corrected chi connectivity index (χ4v) is 4.98. The van der Waals surface area contributed by atoms with E-state index in [-0.39, 0.29) is 5.91 Å². The van der Waals surface area contributed by atoms with Gasteiger partial charge in [0.1, 0.15) is 0 Å². The lowest BCUT2D eigenvalue weighted by atomic mass is 10.1. The average Bonchev–Trinajstić information content (AvgIpc) is 2.66. The number of nitrogens with zero attached hydrogens (tertiary/aromatic N) is 2. The first kappa shape index (κ1) is 17.0. The van der Waals surface area contributed by atoms with Crippen molar-refractivity contribution in [1.82, 2.24) is 4.90 Å². The van der Waals surface area contributed by atoms with E-state index in [1.807, 2.05) is 17.0 Å². The Kier molecular flexibility index (Phi) is 5.06. The van der Waals surface area contributed by atoms with E-state index in [9.17, 15) is 4.79 Å². The van der Waals surface area contributed by atoms with E-state index in [4.69, 9.17) is 0 Å². The van der Waals surface area contributed by atoms with Crippen LogP contribution in [0, 0.1) is 0 Å². The highest BCUT2D eigenvalue weighted by Crippen LogP contribution is 2.49. The number of carbonyl (C=O) groups is 1. The largest absolute Gasteiger partial charge is 0.294 e. The molecule has 0 aromatic heterocycles. The van der Waals surface area contributed by atoms with Crippen LogP contribution in [0.15, 0.2) is 57.2 Å². The summed E-state index contributed by atoms with van der Waals surface area (Å²) in [7, 11) is 0. The number of fused-ring (bicyclic) bond motifs is 2. The lowest BCUT2D eigenvalue weighted by Gasteiger charge is -2.34. The van der Waals surface area contributed by atoms with Gasteiger partial charge in [-0.2, -0.15) is 0 Å². The molecule has 4 rings (SSSR count). The summed E-state index contributed by atoms with van der Waals surface area (Å²) in [5.41, 5.74) is 2.04. The van der Waals surface area contributed by atoms with Gasteiger partial charge in [0.2, 0.25) is 5.91 Å². The van der Waals surface area contributed by atoms with Crippen molar-refractivity contribution >= 4 is 40.8 Å². The third-order valence-electron chi connectivity index (χ3n) is 4.79. The molecule has 1 saturated heterocycles. The standard InChI is InChI=1S/C20H22N2OS2/c1-24-15-9-10-19-17(13-15)22(16-7-3-4-8-18(16)25-19)20(23)14-21-11-5-2-6-12-21/h3-4,7-10,13H,2,5-6,11-12,14H2,1H3. The van der Waals surface area contributed by atoms with Gasteiger partial charge >= 0.3 is 0 Å². The first-order chi connectivity index (χ1) is 12.3. The third kappa shape index (κ3) is 3.46. The second-order valence-electron chi connectivity index (χ2n) is 6.47. The van der Waals surface area contributed by atoms with Crippen molar-refractivity contribution in [3.05, 3.63) is 42.5 Å². The SMILES string of the molecule is CSc1ccc2c(c1)N(C(=O)CN1CCCCC1)c1ccccc1S2. The van der Waals surface area contributed by atoms with Gasteiger partial charge in [0, 0.05) is 14.7 Å². The predicted molar refractivity (Wildman–Crippen MR) is 106 cm³/mol. The molecule has 3 nitrogen and oxygen atoms in total. The number of anilines is 2. The van der Waals surface area contributed by atoms with Crippen molar-refractivity contribution < 1.29 is 4.79 Å². The molecule has 2 aliphatic heterocycles. The minimum absolute atomic E-state index is 0.175. The average molecular weight is 371 g/mol. The number of amides is 1. The molecular formula is C20H22N2OS2. The van der Waals surface area contributed by atoms with Crippen LogP contribution in [0.1, 0.15) is 19.3 Å². The molecular weight excluding hydrogens is 348 g/mol. The fraction of sp³-hybridized carbons (Fsp3) is 0.350. The summed E-state index contributed by atoms with van der Waals surface area (Å²) in [6.07, 6.45) is 5.76. The smallest absolute Gasteiger partial charge is 0.245 e. The number of para-hydroxylation sites is 1. The van der Waals surface area contributed by atoms with Crippen molar-refractivity contribution in [1.29, 1.82) is 0 Å². The summed E-state index contributed by atoms with van der Waals surface area (Å²) in [6.45, 7) is 2.57. The van der Waals surface area contributed by atoms with Gasteiger partial charge in [-0.25, -0.2) is 0 Å². The van der Waals surface area contributed by atoms with Crippen LogP contribution in [0.4, 0.5) is 11.4 Å². The summed E-state index contributed by atoms with van der Waals surface area (Å²) >= 11 is 3.47. The van der Waals surface area contributed by atoms with E-state index in [0.29, 0.717) is 6.54 Å². The zero-order chi connectivity index (χ0) is 17.2. The quantitative estimate of drug-likeness (QED) is 0.708. The molecule has 2 aromatic carbocycles. The van der Waals surface area contributed by atoms with Crippen molar-refractivity contribution in [3.63, 3.8) is 0 Å². The molecule has 2 heterocycles. The Bertz CT molecular complexity index is 787. The topological polar surface area (TPSA) is 23.6 Å². The number of rotatable bonds is 3. The molecule has 0 bridgehead atoms. The number of carbonyl (C=O) groups excluding carboxylic acids is 1. The summed E-state index contributed by atoms with van der Waals surface area (Å²) in [5.74, 6) is 0.175. The van der Waals surface area contributed by atoms with Gasteiger partial charge in [-0.05, 0) is 62.5 Å². The Balaban J connectivity index is 1.70. The van der Waals surface area contributed by atoms with Gasteiger partial charge in [0.25, 0.3) is 0 Å². The Hall–Kier alpha value is -1.43. The van der Waals surface area contributed by atoms with E-state index in [1.165, 1.54) is 24.2 Å². The summed E-state index contributed by atoms with van der Waals surface area (Å²) in [5, 5.41) is 0. The molecule has 0 spiro atoms. The number of likely N-dealkylation sites (tertiary alicyclic amines) is 1. The van der Waals surface area contributed by atoms with E-state index in [0.717, 1.165) is 34.3 Å². The molecule has 2 aromatic rings. The molecule has 0 atom stereocenters. The number of thioether (sulfide) groups is 1. The maximum Gasteiger partial charge on any atom is 0.245 e. The first-order valence-electron chi connectivity index (χ1n) is 8.76. The summed E-state index contributed by atoms with van der Waals surface area (Å²) < 4.78 is 0. The Morgan fingerprint density at radius 2 is 1.80 bits per heavy atom. The summed E-state index contributed by atoms with van der Waals surface area (Å²) in [4.78, 5) is 21.0. The predicted octanol–water partition coefficient (Wildman–Crippen LogP) is 5.02. The molecule has 0 N–H and O–H groups in total. The van der Waals surface area contributed by atoms with E-state index >= 15 is 0 Å². The van der Waals surface area contributed by atoms with Gasteiger partial charge in [0.15, 0.2) is 0 Å². The minimum Gasteiger partial charge on any atom is -0.294 e. The second-order valence-corrected chi connectivity index (χ2v) is 8.43. The molecule has 2 aliphatic rings.